The van der Waals surface area contributed by atoms with Gasteiger partial charge in [0.2, 0.25) is 0 Å². The van der Waals surface area contributed by atoms with Crippen molar-refractivity contribution >= 4 is 10.0 Å². The van der Waals surface area contributed by atoms with Gasteiger partial charge in [-0.05, 0) is 6.42 Å². The predicted octanol–water partition coefficient (Wildman–Crippen LogP) is 0.707. The molecule has 2 heterocycles. The number of hydrogen-bond acceptors (Lipinski definition) is 5. The molecule has 0 spiro atoms. The third kappa shape index (κ3) is 3.82. The number of nitrogens with zero attached hydrogens (tertiary/aromatic N) is 2. The summed E-state index contributed by atoms with van der Waals surface area (Å²) in [4.78, 5) is 0. The summed E-state index contributed by atoms with van der Waals surface area (Å²) in [5, 5.41) is 9.94. The van der Waals surface area contributed by atoms with Crippen molar-refractivity contribution in [2.75, 3.05) is 19.7 Å². The van der Waals surface area contributed by atoms with Gasteiger partial charge in [-0.25, -0.2) is 8.42 Å². The molecule has 120 valence electrons. The van der Waals surface area contributed by atoms with Crippen molar-refractivity contribution in [2.45, 2.75) is 50.9 Å². The predicted molar refractivity (Wildman–Crippen MR) is 79.4 cm³/mol. The highest BCUT2D eigenvalue weighted by atomic mass is 32.2. The van der Waals surface area contributed by atoms with Gasteiger partial charge < -0.3 is 10.1 Å². The van der Waals surface area contributed by atoms with Crippen LogP contribution in [0.4, 0.5) is 0 Å². The molecule has 0 bridgehead atoms. The molecule has 1 aliphatic heterocycles. The van der Waals surface area contributed by atoms with Gasteiger partial charge in [0.1, 0.15) is 0 Å². The highest BCUT2D eigenvalue weighted by molar-refractivity contribution is 7.89. The molecule has 1 atom stereocenters. The lowest BCUT2D eigenvalue weighted by Gasteiger charge is -2.31. The lowest BCUT2D eigenvalue weighted by atomic mass is 10.2. The zero-order chi connectivity index (χ0) is 15.5. The molecular weight excluding hydrogens is 292 g/mol. The molecular formula is C13H24N4O3S. The first-order chi connectivity index (χ1) is 9.95. The Morgan fingerprint density at radius 1 is 1.57 bits per heavy atom. The van der Waals surface area contributed by atoms with Crippen LogP contribution in [0.2, 0.25) is 0 Å². The molecule has 21 heavy (non-hydrogen) atoms. The number of aromatic amines is 1. The normalized spacial score (nSPS) is 21.0. The molecule has 0 aliphatic carbocycles. The van der Waals surface area contributed by atoms with E-state index >= 15 is 0 Å². The Bertz CT molecular complexity index is 556. The van der Waals surface area contributed by atoms with Gasteiger partial charge in [-0.15, -0.1) is 0 Å². The van der Waals surface area contributed by atoms with E-state index in [1.54, 1.807) is 6.20 Å². The Morgan fingerprint density at radius 3 is 3.00 bits per heavy atom. The molecule has 8 heteroatoms. The summed E-state index contributed by atoms with van der Waals surface area (Å²) < 4.78 is 32.5. The fourth-order valence-electron chi connectivity index (χ4n) is 2.25. The van der Waals surface area contributed by atoms with Crippen LogP contribution in [0.15, 0.2) is 11.2 Å². The van der Waals surface area contributed by atoms with E-state index < -0.39 is 10.0 Å². The largest absolute Gasteiger partial charge is 0.375 e. The van der Waals surface area contributed by atoms with Crippen molar-refractivity contribution in [2.24, 2.45) is 0 Å². The average molecular weight is 316 g/mol. The molecule has 2 rings (SSSR count). The fraction of sp³-hybridized carbons (Fsp3) is 0.769. The monoisotopic (exact) mass is 316 g/mol. The maximum absolute atomic E-state index is 12.7. The number of ether oxygens (including phenoxy) is 1. The molecule has 0 saturated carbocycles. The minimum atomic E-state index is -3.54. The van der Waals surface area contributed by atoms with Gasteiger partial charge in [0.05, 0.1) is 18.9 Å². The number of H-pyrrole nitrogens is 1. The Hall–Kier alpha value is -0.960. The van der Waals surface area contributed by atoms with E-state index in [1.165, 1.54) is 4.31 Å². The molecule has 0 amide bonds. The topological polar surface area (TPSA) is 87.3 Å². The standard InChI is InChI=1S/C13H24N4O3S/c1-4-12-9-17(5-6-20-12)21(18,19)13-11(8-15-16-13)7-14-10(2)3/h8,10,12,14H,4-7,9H2,1-3H3,(H,15,16). The maximum Gasteiger partial charge on any atom is 0.260 e. The second-order valence-electron chi connectivity index (χ2n) is 5.52. The second-order valence-corrected chi connectivity index (χ2v) is 7.40. The summed E-state index contributed by atoms with van der Waals surface area (Å²) in [6.07, 6.45) is 2.34. The Kier molecular flexibility index (Phi) is 5.37. The van der Waals surface area contributed by atoms with Gasteiger partial charge in [0.25, 0.3) is 10.0 Å². The smallest absolute Gasteiger partial charge is 0.260 e. The SMILES string of the molecule is CCC1CN(S(=O)(=O)c2[nH]ncc2CNC(C)C)CCO1. The van der Waals surface area contributed by atoms with Crippen molar-refractivity contribution in [3.63, 3.8) is 0 Å². The zero-order valence-corrected chi connectivity index (χ0v) is 13.6. The van der Waals surface area contributed by atoms with Gasteiger partial charge in [-0.2, -0.15) is 9.40 Å². The van der Waals surface area contributed by atoms with Crippen molar-refractivity contribution in [3.8, 4) is 0 Å². The van der Waals surface area contributed by atoms with Gasteiger partial charge in [0, 0.05) is 31.2 Å². The first-order valence-electron chi connectivity index (χ1n) is 7.32. The number of rotatable bonds is 6. The van der Waals surface area contributed by atoms with Crippen LogP contribution in [0, 0.1) is 0 Å². The zero-order valence-electron chi connectivity index (χ0n) is 12.8. The minimum absolute atomic E-state index is 0.0336. The third-order valence-electron chi connectivity index (χ3n) is 3.53. The van der Waals surface area contributed by atoms with Crippen LogP contribution in [0.1, 0.15) is 32.8 Å². The van der Waals surface area contributed by atoms with Crippen LogP contribution in [0.3, 0.4) is 0 Å². The average Bonchev–Trinajstić information content (AvgIpc) is 2.94. The summed E-state index contributed by atoms with van der Waals surface area (Å²) in [5.74, 6) is 0. The van der Waals surface area contributed by atoms with Gasteiger partial charge in [0.15, 0.2) is 5.03 Å². The highest BCUT2D eigenvalue weighted by Crippen LogP contribution is 2.21. The molecule has 1 unspecified atom stereocenters. The van der Waals surface area contributed by atoms with E-state index in [9.17, 15) is 8.42 Å². The first kappa shape index (κ1) is 16.4. The number of morpholine rings is 1. The van der Waals surface area contributed by atoms with Gasteiger partial charge >= 0.3 is 0 Å². The summed E-state index contributed by atoms with van der Waals surface area (Å²) >= 11 is 0. The fourth-order valence-corrected chi connectivity index (χ4v) is 3.81. The number of hydrogen-bond donors (Lipinski definition) is 2. The molecule has 1 aromatic heterocycles. The van der Waals surface area contributed by atoms with Crippen molar-refractivity contribution in [3.05, 3.63) is 11.8 Å². The van der Waals surface area contributed by atoms with Crippen LogP contribution in [0.5, 0.6) is 0 Å². The van der Waals surface area contributed by atoms with Crippen LogP contribution in [0.25, 0.3) is 0 Å². The van der Waals surface area contributed by atoms with Crippen molar-refractivity contribution in [1.29, 1.82) is 0 Å². The number of aromatic nitrogens is 2. The van der Waals surface area contributed by atoms with E-state index in [0.717, 1.165) is 6.42 Å². The minimum Gasteiger partial charge on any atom is -0.375 e. The summed E-state index contributed by atoms with van der Waals surface area (Å²) in [7, 11) is -3.54. The quantitative estimate of drug-likeness (QED) is 0.807. The van der Waals surface area contributed by atoms with E-state index in [2.05, 4.69) is 15.5 Å². The van der Waals surface area contributed by atoms with Crippen molar-refractivity contribution < 1.29 is 13.2 Å². The highest BCUT2D eigenvalue weighted by Gasteiger charge is 2.32. The third-order valence-corrected chi connectivity index (χ3v) is 5.41. The molecule has 1 saturated heterocycles. The molecule has 1 fully saturated rings. The van der Waals surface area contributed by atoms with E-state index in [0.29, 0.717) is 31.8 Å². The van der Waals surface area contributed by atoms with Gasteiger partial charge in [-0.1, -0.05) is 20.8 Å². The van der Waals surface area contributed by atoms with Crippen LogP contribution >= 0.6 is 0 Å². The molecule has 0 radical (unpaired) electrons. The van der Waals surface area contributed by atoms with E-state index in [1.807, 2.05) is 20.8 Å². The van der Waals surface area contributed by atoms with Crippen LogP contribution in [-0.2, 0) is 21.3 Å². The molecule has 1 aliphatic rings. The molecule has 0 aromatic carbocycles. The molecule has 2 N–H and O–H groups in total. The second kappa shape index (κ2) is 6.87. The Balaban J connectivity index is 2.17. The summed E-state index contributed by atoms with van der Waals surface area (Å²) in [5.41, 5.74) is 0.670. The Labute approximate surface area is 126 Å². The van der Waals surface area contributed by atoms with E-state index in [-0.39, 0.29) is 17.2 Å². The van der Waals surface area contributed by atoms with Crippen LogP contribution in [-0.4, -0.2) is 54.8 Å². The summed E-state index contributed by atoms with van der Waals surface area (Å²) in [6, 6.07) is 0.281. The maximum atomic E-state index is 12.7. The van der Waals surface area contributed by atoms with Gasteiger partial charge in [-0.3, -0.25) is 5.10 Å². The van der Waals surface area contributed by atoms with E-state index in [4.69, 9.17) is 4.74 Å². The number of nitrogens with one attached hydrogen (secondary N) is 2. The van der Waals surface area contributed by atoms with Crippen molar-refractivity contribution in [1.82, 2.24) is 19.8 Å². The Morgan fingerprint density at radius 2 is 2.33 bits per heavy atom. The van der Waals surface area contributed by atoms with Crippen LogP contribution < -0.4 is 5.32 Å². The molecule has 7 nitrogen and oxygen atoms in total. The lowest BCUT2D eigenvalue weighted by Crippen LogP contribution is -2.45. The molecule has 1 aromatic rings. The summed E-state index contributed by atoms with van der Waals surface area (Å²) in [6.45, 7) is 7.72. The number of sulfonamides is 1. The first-order valence-corrected chi connectivity index (χ1v) is 8.76. The lowest BCUT2D eigenvalue weighted by molar-refractivity contribution is -0.00286.